The number of ether oxygens (including phenoxy) is 1. The van der Waals surface area contributed by atoms with Crippen LogP contribution in [0.3, 0.4) is 0 Å². The SMILES string of the molecule is O=C1C(Br)=C(Br)C23CCCC(O)C2=CC1O3. The molecular formula is C11H10Br2O3. The van der Waals surface area contributed by atoms with E-state index in [-0.39, 0.29) is 5.78 Å². The van der Waals surface area contributed by atoms with Gasteiger partial charge < -0.3 is 9.84 Å². The van der Waals surface area contributed by atoms with Crippen molar-refractivity contribution in [1.82, 2.24) is 0 Å². The Morgan fingerprint density at radius 2 is 2.25 bits per heavy atom. The van der Waals surface area contributed by atoms with Gasteiger partial charge >= 0.3 is 0 Å². The summed E-state index contributed by atoms with van der Waals surface area (Å²) in [6.45, 7) is 0. The van der Waals surface area contributed by atoms with Gasteiger partial charge in [0.25, 0.3) is 0 Å². The Morgan fingerprint density at radius 1 is 1.50 bits per heavy atom. The van der Waals surface area contributed by atoms with Crippen molar-refractivity contribution in [2.75, 3.05) is 0 Å². The minimum absolute atomic E-state index is 0.0772. The normalized spacial score (nSPS) is 42.2. The zero-order chi connectivity index (χ0) is 11.5. The van der Waals surface area contributed by atoms with Crippen molar-refractivity contribution in [2.24, 2.45) is 0 Å². The fourth-order valence-electron chi connectivity index (χ4n) is 2.73. The van der Waals surface area contributed by atoms with Crippen molar-refractivity contribution in [3.63, 3.8) is 0 Å². The molecule has 5 heteroatoms. The van der Waals surface area contributed by atoms with Gasteiger partial charge in [0, 0.05) is 4.48 Å². The van der Waals surface area contributed by atoms with Crippen LogP contribution >= 0.6 is 31.9 Å². The second-order valence-electron chi connectivity index (χ2n) is 4.39. The fraction of sp³-hybridized carbons (Fsp3) is 0.545. The standard InChI is InChI=1S/C11H10Br2O3/c12-8-9(15)7-4-5-6(14)2-1-3-11(5,16-7)10(8)13/h4,6-7,14H,1-3H2. The maximum Gasteiger partial charge on any atom is 0.203 e. The molecule has 0 aromatic rings. The molecule has 0 saturated heterocycles. The molecular weight excluding hydrogens is 340 g/mol. The van der Waals surface area contributed by atoms with Crippen LogP contribution in [0.4, 0.5) is 0 Å². The molecule has 0 aromatic heterocycles. The summed E-state index contributed by atoms with van der Waals surface area (Å²) in [7, 11) is 0. The molecule has 16 heavy (non-hydrogen) atoms. The van der Waals surface area contributed by atoms with Gasteiger partial charge in [-0.15, -0.1) is 0 Å². The number of aliphatic hydroxyl groups is 1. The van der Waals surface area contributed by atoms with Crippen molar-refractivity contribution >= 4 is 37.6 Å². The van der Waals surface area contributed by atoms with Crippen LogP contribution in [0.2, 0.25) is 0 Å². The Bertz CT molecular complexity index is 441. The van der Waals surface area contributed by atoms with E-state index in [1.807, 2.05) is 0 Å². The summed E-state index contributed by atoms with van der Waals surface area (Å²) in [6.07, 6.45) is 3.22. The third-order valence-electron chi connectivity index (χ3n) is 3.51. The highest BCUT2D eigenvalue weighted by Crippen LogP contribution is 2.53. The minimum atomic E-state index is -0.588. The smallest absolute Gasteiger partial charge is 0.203 e. The van der Waals surface area contributed by atoms with Crippen molar-refractivity contribution < 1.29 is 14.6 Å². The van der Waals surface area contributed by atoms with Crippen LogP contribution in [0.1, 0.15) is 19.3 Å². The van der Waals surface area contributed by atoms with E-state index in [9.17, 15) is 9.90 Å². The van der Waals surface area contributed by atoms with Gasteiger partial charge in [-0.1, -0.05) is 15.9 Å². The lowest BCUT2D eigenvalue weighted by molar-refractivity contribution is -0.130. The van der Waals surface area contributed by atoms with Crippen molar-refractivity contribution in [3.8, 4) is 0 Å². The van der Waals surface area contributed by atoms with Crippen LogP contribution in [0.5, 0.6) is 0 Å². The molecule has 1 aliphatic carbocycles. The molecule has 3 atom stereocenters. The molecule has 3 aliphatic rings. The minimum Gasteiger partial charge on any atom is -0.389 e. The maximum atomic E-state index is 11.9. The second-order valence-corrected chi connectivity index (χ2v) is 5.97. The van der Waals surface area contributed by atoms with Crippen LogP contribution in [0.25, 0.3) is 0 Å². The number of halogens is 2. The first kappa shape index (κ1) is 11.1. The van der Waals surface area contributed by atoms with E-state index < -0.39 is 17.8 Å². The van der Waals surface area contributed by atoms with Crippen molar-refractivity contribution in [2.45, 2.75) is 37.1 Å². The molecule has 1 saturated carbocycles. The zero-order valence-corrected chi connectivity index (χ0v) is 11.5. The quantitative estimate of drug-likeness (QED) is 0.682. The summed E-state index contributed by atoms with van der Waals surface area (Å²) < 4.78 is 7.09. The van der Waals surface area contributed by atoms with Crippen LogP contribution in [0, 0.1) is 0 Å². The summed E-state index contributed by atoms with van der Waals surface area (Å²) in [6, 6.07) is 0. The number of rotatable bonds is 0. The van der Waals surface area contributed by atoms with Crippen LogP contribution in [-0.2, 0) is 9.53 Å². The number of aliphatic hydroxyl groups excluding tert-OH is 1. The molecule has 0 radical (unpaired) electrons. The summed E-state index contributed by atoms with van der Waals surface area (Å²) in [5, 5.41) is 9.99. The molecule has 0 amide bonds. The number of fused-ring (bicyclic) bond motifs is 1. The Hall–Kier alpha value is 0.0300. The number of ketones is 1. The van der Waals surface area contributed by atoms with Gasteiger partial charge in [-0.25, -0.2) is 0 Å². The second kappa shape index (κ2) is 3.51. The summed E-state index contributed by atoms with van der Waals surface area (Å²) in [4.78, 5) is 11.9. The van der Waals surface area contributed by atoms with E-state index in [2.05, 4.69) is 31.9 Å². The van der Waals surface area contributed by atoms with Crippen LogP contribution in [0.15, 0.2) is 20.6 Å². The summed E-state index contributed by atoms with van der Waals surface area (Å²) in [5.41, 5.74) is 0.258. The Morgan fingerprint density at radius 3 is 3.00 bits per heavy atom. The number of carbonyl (C=O) groups is 1. The first-order valence-electron chi connectivity index (χ1n) is 5.24. The lowest BCUT2D eigenvalue weighted by atomic mass is 9.79. The molecule has 1 spiro atoms. The lowest BCUT2D eigenvalue weighted by Gasteiger charge is -2.40. The predicted octanol–water partition coefficient (Wildman–Crippen LogP) is 2.18. The van der Waals surface area contributed by atoms with E-state index in [0.717, 1.165) is 29.3 Å². The fourth-order valence-corrected chi connectivity index (χ4v) is 3.99. The van der Waals surface area contributed by atoms with Gasteiger partial charge in [0.2, 0.25) is 5.78 Å². The largest absolute Gasteiger partial charge is 0.389 e. The Balaban J connectivity index is 2.19. The molecule has 2 heterocycles. The topological polar surface area (TPSA) is 46.5 Å². The molecule has 3 unspecified atom stereocenters. The highest BCUT2D eigenvalue weighted by molar-refractivity contribution is 9.14. The van der Waals surface area contributed by atoms with Gasteiger partial charge in [-0.2, -0.15) is 0 Å². The third kappa shape index (κ3) is 1.23. The zero-order valence-electron chi connectivity index (χ0n) is 8.37. The number of hydrogen-bond acceptors (Lipinski definition) is 3. The van der Waals surface area contributed by atoms with E-state index in [4.69, 9.17) is 4.74 Å². The number of Topliss-reactive ketones (excluding diaryl/α,β-unsaturated/α-hetero) is 1. The molecule has 1 N–H and O–H groups in total. The summed E-state index contributed by atoms with van der Waals surface area (Å²) >= 11 is 6.75. The van der Waals surface area contributed by atoms with Gasteiger partial charge in [-0.05, 0) is 46.8 Å². The summed E-state index contributed by atoms with van der Waals surface area (Å²) in [5.74, 6) is -0.0772. The lowest BCUT2D eigenvalue weighted by Crippen LogP contribution is -2.45. The monoisotopic (exact) mass is 348 g/mol. The van der Waals surface area contributed by atoms with Crippen LogP contribution < -0.4 is 0 Å². The molecule has 3 rings (SSSR count). The number of carbonyl (C=O) groups excluding carboxylic acids is 1. The van der Waals surface area contributed by atoms with Crippen molar-refractivity contribution in [1.29, 1.82) is 0 Å². The van der Waals surface area contributed by atoms with Gasteiger partial charge in [0.1, 0.15) is 11.7 Å². The average Bonchev–Trinajstić information content (AvgIpc) is 2.64. The molecule has 3 nitrogen and oxygen atoms in total. The molecule has 2 bridgehead atoms. The van der Waals surface area contributed by atoms with E-state index in [0.29, 0.717) is 4.48 Å². The first-order chi connectivity index (χ1) is 7.56. The van der Waals surface area contributed by atoms with Crippen LogP contribution in [-0.4, -0.2) is 28.7 Å². The van der Waals surface area contributed by atoms with Gasteiger partial charge in [-0.3, -0.25) is 4.79 Å². The predicted molar refractivity (Wildman–Crippen MR) is 65.4 cm³/mol. The molecule has 86 valence electrons. The first-order valence-corrected chi connectivity index (χ1v) is 6.83. The molecule has 1 fully saturated rings. The Kier molecular flexibility index (Phi) is 2.44. The number of hydrogen-bond donors (Lipinski definition) is 1. The average molecular weight is 350 g/mol. The van der Waals surface area contributed by atoms with E-state index in [1.54, 1.807) is 6.08 Å². The molecule has 0 aromatic carbocycles. The van der Waals surface area contributed by atoms with E-state index >= 15 is 0 Å². The van der Waals surface area contributed by atoms with Crippen molar-refractivity contribution in [3.05, 3.63) is 20.6 Å². The maximum absolute atomic E-state index is 11.9. The van der Waals surface area contributed by atoms with Gasteiger partial charge in [0.15, 0.2) is 0 Å². The highest BCUT2D eigenvalue weighted by Gasteiger charge is 2.55. The highest BCUT2D eigenvalue weighted by atomic mass is 79.9. The van der Waals surface area contributed by atoms with E-state index in [1.165, 1.54) is 0 Å². The third-order valence-corrected chi connectivity index (χ3v) is 5.87. The van der Waals surface area contributed by atoms with Gasteiger partial charge in [0.05, 0.1) is 10.6 Å². The molecule has 2 aliphatic heterocycles. The Labute approximate surface area is 110 Å².